The summed E-state index contributed by atoms with van der Waals surface area (Å²) in [6.45, 7) is 1.87. The van der Waals surface area contributed by atoms with E-state index in [0.717, 1.165) is 23.9 Å². The fourth-order valence-electron chi connectivity index (χ4n) is 4.22. The van der Waals surface area contributed by atoms with E-state index in [0.29, 0.717) is 53.7 Å². The molecule has 1 amide bonds. The van der Waals surface area contributed by atoms with Crippen molar-refractivity contribution in [3.05, 3.63) is 88.7 Å². The summed E-state index contributed by atoms with van der Waals surface area (Å²) in [6.07, 6.45) is -4.56. The maximum absolute atomic E-state index is 13.4. The van der Waals surface area contributed by atoms with Gasteiger partial charge in [0.2, 0.25) is 5.91 Å². The number of aromatic nitrogens is 2. The van der Waals surface area contributed by atoms with Gasteiger partial charge in [0.1, 0.15) is 0 Å². The molecule has 38 heavy (non-hydrogen) atoms. The van der Waals surface area contributed by atoms with Crippen LogP contribution in [0.1, 0.15) is 5.56 Å². The second-order valence-electron chi connectivity index (χ2n) is 8.55. The molecule has 1 aliphatic heterocycles. The zero-order valence-electron chi connectivity index (χ0n) is 20.1. The lowest BCUT2D eigenvalue weighted by molar-refractivity contribution is -0.137. The van der Waals surface area contributed by atoms with E-state index < -0.39 is 17.6 Å². The molecule has 1 aromatic heterocycles. The highest BCUT2D eigenvalue weighted by molar-refractivity contribution is 7.99. The molecule has 0 saturated carbocycles. The Balaban J connectivity index is 1.43. The summed E-state index contributed by atoms with van der Waals surface area (Å²) in [6, 6.07) is 19.2. The number of nitrogens with zero attached hydrogens (tertiary/aromatic N) is 3. The number of rotatable bonds is 6. The van der Waals surface area contributed by atoms with Crippen LogP contribution in [-0.2, 0) is 15.7 Å². The van der Waals surface area contributed by atoms with Gasteiger partial charge < -0.3 is 15.0 Å². The van der Waals surface area contributed by atoms with Crippen LogP contribution < -0.4 is 15.8 Å². The fourth-order valence-corrected chi connectivity index (χ4v) is 5.04. The average Bonchev–Trinajstić information content (AvgIpc) is 2.92. The van der Waals surface area contributed by atoms with Gasteiger partial charge in [-0.1, -0.05) is 42.1 Å². The Morgan fingerprint density at radius 1 is 1.00 bits per heavy atom. The van der Waals surface area contributed by atoms with E-state index in [-0.39, 0.29) is 17.0 Å². The number of amides is 1. The summed E-state index contributed by atoms with van der Waals surface area (Å²) >= 11 is 1.03. The molecule has 1 fully saturated rings. The Labute approximate surface area is 220 Å². The van der Waals surface area contributed by atoms with E-state index in [9.17, 15) is 22.8 Å². The molecule has 1 aliphatic rings. The van der Waals surface area contributed by atoms with Crippen molar-refractivity contribution >= 4 is 39.9 Å². The number of morpholine rings is 1. The quantitative estimate of drug-likeness (QED) is 0.275. The van der Waals surface area contributed by atoms with E-state index in [2.05, 4.69) is 10.3 Å². The summed E-state index contributed by atoms with van der Waals surface area (Å²) in [4.78, 5) is 32.8. The van der Waals surface area contributed by atoms with Gasteiger partial charge in [-0.2, -0.15) is 13.2 Å². The van der Waals surface area contributed by atoms with Crippen LogP contribution in [0.25, 0.3) is 16.6 Å². The largest absolute Gasteiger partial charge is 0.416 e. The SMILES string of the molecule is O=C(CSc1nc2ccccc2c(=O)n1-c1ccccc1)Nc1cc(C(F)(F)F)ccc1N1CCOCC1. The van der Waals surface area contributed by atoms with Gasteiger partial charge in [0.25, 0.3) is 5.56 Å². The molecule has 11 heteroatoms. The van der Waals surface area contributed by atoms with Crippen molar-refractivity contribution in [3.8, 4) is 5.69 Å². The molecule has 4 aromatic rings. The molecular formula is C27H23F3N4O3S. The van der Waals surface area contributed by atoms with Gasteiger partial charge in [-0.25, -0.2) is 4.98 Å². The lowest BCUT2D eigenvalue weighted by Gasteiger charge is -2.31. The highest BCUT2D eigenvalue weighted by atomic mass is 32.2. The Morgan fingerprint density at radius 3 is 2.45 bits per heavy atom. The molecule has 5 rings (SSSR count). The lowest BCUT2D eigenvalue weighted by Crippen LogP contribution is -2.37. The van der Waals surface area contributed by atoms with Gasteiger partial charge in [-0.3, -0.25) is 14.2 Å². The van der Waals surface area contributed by atoms with E-state index in [4.69, 9.17) is 4.74 Å². The van der Waals surface area contributed by atoms with Crippen LogP contribution in [0, 0.1) is 0 Å². The minimum Gasteiger partial charge on any atom is -0.378 e. The smallest absolute Gasteiger partial charge is 0.378 e. The molecule has 0 radical (unpaired) electrons. The molecule has 0 spiro atoms. The average molecular weight is 541 g/mol. The summed E-state index contributed by atoms with van der Waals surface area (Å²) in [5.41, 5.74) is 0.499. The minimum absolute atomic E-state index is 0.0687. The fraction of sp³-hybridized carbons (Fsp3) is 0.222. The predicted octanol–water partition coefficient (Wildman–Crippen LogP) is 4.97. The number of benzene rings is 3. The van der Waals surface area contributed by atoms with Crippen molar-refractivity contribution in [2.75, 3.05) is 42.3 Å². The number of nitrogens with one attached hydrogen (secondary N) is 1. The number of carbonyl (C=O) groups is 1. The summed E-state index contributed by atoms with van der Waals surface area (Å²) < 4.78 is 47.1. The van der Waals surface area contributed by atoms with Gasteiger partial charge in [0.05, 0.1) is 52.5 Å². The topological polar surface area (TPSA) is 76.5 Å². The van der Waals surface area contributed by atoms with Crippen molar-refractivity contribution in [3.63, 3.8) is 0 Å². The Hall–Kier alpha value is -3.83. The number of ether oxygens (including phenoxy) is 1. The molecule has 3 aromatic carbocycles. The molecular weight excluding hydrogens is 517 g/mol. The van der Waals surface area contributed by atoms with Crippen LogP contribution >= 0.6 is 11.8 Å². The van der Waals surface area contributed by atoms with E-state index in [1.165, 1.54) is 10.6 Å². The van der Waals surface area contributed by atoms with Gasteiger partial charge in [-0.15, -0.1) is 0 Å². The standard InChI is InChI=1S/C27H23F3N4O3S/c28-27(29,30)18-10-11-23(33-12-14-37-15-13-33)22(16-18)31-24(35)17-38-26-32-21-9-5-4-8-20(21)25(36)34(26)19-6-2-1-3-7-19/h1-11,16H,12-15,17H2,(H,31,35). The first-order chi connectivity index (χ1) is 18.3. The van der Waals surface area contributed by atoms with Gasteiger partial charge in [0.15, 0.2) is 5.16 Å². The van der Waals surface area contributed by atoms with Crippen LogP contribution in [-0.4, -0.2) is 47.5 Å². The molecule has 2 heterocycles. The summed E-state index contributed by atoms with van der Waals surface area (Å²) in [5.74, 6) is -0.693. The van der Waals surface area contributed by atoms with Gasteiger partial charge in [0, 0.05) is 13.1 Å². The zero-order chi connectivity index (χ0) is 26.7. The van der Waals surface area contributed by atoms with Crippen LogP contribution in [0.4, 0.5) is 24.5 Å². The number of carbonyl (C=O) groups excluding carboxylic acids is 1. The first kappa shape index (κ1) is 25.8. The maximum atomic E-state index is 13.4. The molecule has 0 aliphatic carbocycles. The highest BCUT2D eigenvalue weighted by Crippen LogP contribution is 2.36. The number of hydrogen-bond acceptors (Lipinski definition) is 6. The van der Waals surface area contributed by atoms with Crippen LogP contribution in [0.15, 0.2) is 82.7 Å². The van der Waals surface area contributed by atoms with Crippen molar-refractivity contribution in [2.24, 2.45) is 0 Å². The first-order valence-electron chi connectivity index (χ1n) is 11.8. The number of para-hydroxylation sites is 2. The minimum atomic E-state index is -4.56. The zero-order valence-corrected chi connectivity index (χ0v) is 20.9. The number of hydrogen-bond donors (Lipinski definition) is 1. The third-order valence-corrected chi connectivity index (χ3v) is 6.98. The Morgan fingerprint density at radius 2 is 1.71 bits per heavy atom. The van der Waals surface area contributed by atoms with Gasteiger partial charge in [-0.05, 0) is 42.5 Å². The summed E-state index contributed by atoms with van der Waals surface area (Å²) in [5, 5.41) is 3.38. The van der Waals surface area contributed by atoms with Gasteiger partial charge >= 0.3 is 6.18 Å². The molecule has 1 N–H and O–H groups in total. The number of alkyl halides is 3. The molecule has 1 saturated heterocycles. The van der Waals surface area contributed by atoms with Crippen LogP contribution in [0.2, 0.25) is 0 Å². The highest BCUT2D eigenvalue weighted by Gasteiger charge is 2.32. The van der Waals surface area contributed by atoms with Crippen LogP contribution in [0.5, 0.6) is 0 Å². The molecule has 196 valence electrons. The number of halogens is 3. The predicted molar refractivity (Wildman–Crippen MR) is 141 cm³/mol. The number of fused-ring (bicyclic) bond motifs is 1. The van der Waals surface area contributed by atoms with Crippen molar-refractivity contribution in [2.45, 2.75) is 11.3 Å². The van der Waals surface area contributed by atoms with Crippen molar-refractivity contribution < 1.29 is 22.7 Å². The second kappa shape index (κ2) is 10.9. The number of thioether (sulfide) groups is 1. The monoisotopic (exact) mass is 540 g/mol. The van der Waals surface area contributed by atoms with Crippen molar-refractivity contribution in [1.82, 2.24) is 9.55 Å². The maximum Gasteiger partial charge on any atom is 0.416 e. The molecule has 0 unspecified atom stereocenters. The molecule has 0 atom stereocenters. The molecule has 0 bridgehead atoms. The third-order valence-electron chi connectivity index (χ3n) is 6.04. The van der Waals surface area contributed by atoms with Crippen molar-refractivity contribution in [1.29, 1.82) is 0 Å². The normalized spacial score (nSPS) is 14.0. The van der Waals surface area contributed by atoms with E-state index in [1.54, 1.807) is 48.5 Å². The number of anilines is 2. The van der Waals surface area contributed by atoms with Crippen LogP contribution in [0.3, 0.4) is 0 Å². The third kappa shape index (κ3) is 5.53. The van der Waals surface area contributed by atoms with E-state index >= 15 is 0 Å². The Bertz CT molecular complexity index is 1520. The first-order valence-corrected chi connectivity index (χ1v) is 12.8. The molecule has 7 nitrogen and oxygen atoms in total. The summed E-state index contributed by atoms with van der Waals surface area (Å²) in [7, 11) is 0. The van der Waals surface area contributed by atoms with E-state index in [1.807, 2.05) is 11.0 Å². The second-order valence-corrected chi connectivity index (χ2v) is 9.50. The lowest BCUT2D eigenvalue weighted by atomic mass is 10.1. The Kier molecular flexibility index (Phi) is 7.39.